The van der Waals surface area contributed by atoms with Crippen LogP contribution in [0.15, 0.2) is 33.5 Å². The van der Waals surface area contributed by atoms with Gasteiger partial charge in [-0.2, -0.15) is 0 Å². The van der Waals surface area contributed by atoms with Gasteiger partial charge in [0, 0.05) is 28.5 Å². The van der Waals surface area contributed by atoms with Crippen LogP contribution >= 0.6 is 0 Å². The Bertz CT molecular complexity index is 865. The van der Waals surface area contributed by atoms with Gasteiger partial charge in [-0.25, -0.2) is 4.79 Å². The second kappa shape index (κ2) is 5.85. The van der Waals surface area contributed by atoms with E-state index in [0.29, 0.717) is 17.0 Å². The minimum Gasteiger partial charge on any atom is -0.508 e. The first-order valence-electron chi connectivity index (χ1n) is 10.1. The number of aromatic hydroxyl groups is 1. The number of quaternary nitrogens is 1. The van der Waals surface area contributed by atoms with E-state index in [9.17, 15) is 9.90 Å². The molecule has 1 heterocycles. The molecule has 26 heavy (non-hydrogen) atoms. The van der Waals surface area contributed by atoms with Crippen LogP contribution < -0.4 is 10.9 Å². The third-order valence-corrected chi connectivity index (χ3v) is 7.56. The van der Waals surface area contributed by atoms with Gasteiger partial charge in [-0.3, -0.25) is 0 Å². The van der Waals surface area contributed by atoms with Crippen molar-refractivity contribution in [3.63, 3.8) is 0 Å². The predicted molar refractivity (Wildman–Crippen MR) is 99.8 cm³/mol. The summed E-state index contributed by atoms with van der Waals surface area (Å²) in [5.74, 6) is 3.02. The molecule has 4 aliphatic carbocycles. The van der Waals surface area contributed by atoms with Gasteiger partial charge in [-0.05, 0) is 75.3 Å². The predicted octanol–water partition coefficient (Wildman–Crippen LogP) is 3.17. The molecule has 4 saturated carbocycles. The molecule has 4 fully saturated rings. The molecule has 2 aromatic rings. The summed E-state index contributed by atoms with van der Waals surface area (Å²) in [7, 11) is 0. The van der Waals surface area contributed by atoms with Gasteiger partial charge in [0.1, 0.15) is 17.9 Å². The molecule has 1 aromatic carbocycles. The molecule has 4 bridgehead atoms. The second-order valence-electron chi connectivity index (χ2n) is 9.28. The Morgan fingerprint density at radius 1 is 1.15 bits per heavy atom. The maximum absolute atomic E-state index is 11.9. The van der Waals surface area contributed by atoms with E-state index in [1.54, 1.807) is 12.1 Å². The number of phenolic OH excluding ortho intramolecular Hbond substituents is 1. The third-order valence-electron chi connectivity index (χ3n) is 7.56. The number of fused-ring (bicyclic) bond motifs is 1. The Morgan fingerprint density at radius 2 is 1.81 bits per heavy atom. The smallest absolute Gasteiger partial charge is 0.336 e. The summed E-state index contributed by atoms with van der Waals surface area (Å²) in [5.41, 5.74) is 1.65. The van der Waals surface area contributed by atoms with E-state index in [1.807, 2.05) is 6.07 Å². The van der Waals surface area contributed by atoms with Gasteiger partial charge in [0.05, 0.1) is 6.04 Å². The van der Waals surface area contributed by atoms with Crippen LogP contribution in [0.3, 0.4) is 0 Å². The SMILES string of the molecule is C[C@H]([NH2+]Cc1cc(=O)oc2cc(O)ccc12)C12CC3CC(CC(C3)C1)C2. The lowest BCUT2D eigenvalue weighted by atomic mass is 9.48. The van der Waals surface area contributed by atoms with Crippen molar-refractivity contribution < 1.29 is 14.8 Å². The quantitative estimate of drug-likeness (QED) is 0.829. The van der Waals surface area contributed by atoms with E-state index >= 15 is 0 Å². The largest absolute Gasteiger partial charge is 0.508 e. The fourth-order valence-electron chi connectivity index (χ4n) is 6.68. The Morgan fingerprint density at radius 3 is 2.46 bits per heavy atom. The standard InChI is InChI=1S/C22H27NO3/c1-13(22-9-14-4-15(10-22)6-16(5-14)11-22)23-12-17-7-21(25)26-20-8-18(24)2-3-19(17)20/h2-3,7-8,13-16,23-24H,4-6,9-12H2,1H3/p+1/t13-,14?,15?,16?,22?/m0/s1. The average molecular weight is 354 g/mol. The number of hydrogen-bond donors (Lipinski definition) is 2. The topological polar surface area (TPSA) is 67.0 Å². The van der Waals surface area contributed by atoms with Gasteiger partial charge in [-0.1, -0.05) is 0 Å². The van der Waals surface area contributed by atoms with Crippen molar-refractivity contribution >= 4 is 11.0 Å². The molecule has 1 aromatic heterocycles. The molecule has 4 aliphatic rings. The maximum Gasteiger partial charge on any atom is 0.336 e. The monoisotopic (exact) mass is 354 g/mol. The minimum absolute atomic E-state index is 0.128. The second-order valence-corrected chi connectivity index (χ2v) is 9.28. The van der Waals surface area contributed by atoms with Crippen LogP contribution in [0, 0.1) is 23.2 Å². The molecule has 4 nitrogen and oxygen atoms in total. The molecular formula is C22H28NO3+. The Hall–Kier alpha value is -1.81. The highest BCUT2D eigenvalue weighted by Crippen LogP contribution is 2.60. The fourth-order valence-corrected chi connectivity index (χ4v) is 6.68. The van der Waals surface area contributed by atoms with E-state index in [0.717, 1.165) is 35.2 Å². The molecule has 0 saturated heterocycles. The van der Waals surface area contributed by atoms with Crippen LogP contribution in [0.25, 0.3) is 11.0 Å². The van der Waals surface area contributed by atoms with Gasteiger partial charge in [0.25, 0.3) is 0 Å². The van der Waals surface area contributed by atoms with E-state index in [-0.39, 0.29) is 11.4 Å². The van der Waals surface area contributed by atoms with Crippen LogP contribution in [-0.2, 0) is 6.54 Å². The van der Waals surface area contributed by atoms with Gasteiger partial charge in [0.2, 0.25) is 0 Å². The van der Waals surface area contributed by atoms with Crippen molar-refractivity contribution in [3.8, 4) is 5.75 Å². The first-order valence-corrected chi connectivity index (χ1v) is 10.1. The molecule has 0 spiro atoms. The lowest BCUT2D eigenvalue weighted by molar-refractivity contribution is -0.716. The Balaban J connectivity index is 1.38. The van der Waals surface area contributed by atoms with Crippen molar-refractivity contribution in [3.05, 3.63) is 40.2 Å². The van der Waals surface area contributed by atoms with Crippen LogP contribution in [-0.4, -0.2) is 11.1 Å². The molecule has 0 radical (unpaired) electrons. The van der Waals surface area contributed by atoms with Crippen molar-refractivity contribution in [2.75, 3.05) is 0 Å². The van der Waals surface area contributed by atoms with Gasteiger partial charge in [0.15, 0.2) is 0 Å². The Labute approximate surface area is 153 Å². The van der Waals surface area contributed by atoms with Crippen LogP contribution in [0.5, 0.6) is 5.75 Å². The first kappa shape index (κ1) is 16.4. The summed E-state index contributed by atoms with van der Waals surface area (Å²) >= 11 is 0. The minimum atomic E-state index is -0.339. The lowest BCUT2D eigenvalue weighted by Gasteiger charge is -2.57. The molecule has 6 rings (SSSR count). The zero-order valence-electron chi connectivity index (χ0n) is 15.4. The van der Waals surface area contributed by atoms with Gasteiger partial charge >= 0.3 is 5.63 Å². The highest BCUT2D eigenvalue weighted by Gasteiger charge is 2.54. The molecule has 3 N–H and O–H groups in total. The van der Waals surface area contributed by atoms with Crippen LogP contribution in [0.1, 0.15) is 51.0 Å². The average Bonchev–Trinajstić information content (AvgIpc) is 2.57. The van der Waals surface area contributed by atoms with Crippen molar-refractivity contribution in [2.45, 2.75) is 58.0 Å². The summed E-state index contributed by atoms with van der Waals surface area (Å²) in [4.78, 5) is 11.9. The van der Waals surface area contributed by atoms with E-state index in [2.05, 4.69) is 12.2 Å². The Kier molecular flexibility index (Phi) is 3.68. The van der Waals surface area contributed by atoms with E-state index in [4.69, 9.17) is 4.42 Å². The number of rotatable bonds is 4. The summed E-state index contributed by atoms with van der Waals surface area (Å²) in [6.45, 7) is 3.18. The summed E-state index contributed by atoms with van der Waals surface area (Å²) < 4.78 is 5.26. The summed E-state index contributed by atoms with van der Waals surface area (Å²) in [5, 5.41) is 13.0. The zero-order valence-corrected chi connectivity index (χ0v) is 15.4. The van der Waals surface area contributed by atoms with Crippen molar-refractivity contribution in [2.24, 2.45) is 23.2 Å². The third kappa shape index (κ3) is 2.66. The van der Waals surface area contributed by atoms with E-state index in [1.165, 1.54) is 44.6 Å². The highest BCUT2D eigenvalue weighted by atomic mass is 16.4. The number of benzene rings is 1. The molecular weight excluding hydrogens is 326 g/mol. The normalized spacial score (nSPS) is 33.7. The fraction of sp³-hybridized carbons (Fsp3) is 0.591. The van der Waals surface area contributed by atoms with Crippen LogP contribution in [0.4, 0.5) is 0 Å². The number of nitrogens with two attached hydrogens (primary N) is 1. The number of phenols is 1. The van der Waals surface area contributed by atoms with Crippen molar-refractivity contribution in [1.82, 2.24) is 0 Å². The molecule has 0 aliphatic heterocycles. The van der Waals surface area contributed by atoms with Gasteiger partial charge in [-0.15, -0.1) is 0 Å². The van der Waals surface area contributed by atoms with E-state index < -0.39 is 0 Å². The zero-order chi connectivity index (χ0) is 17.9. The molecule has 4 heteroatoms. The summed E-state index contributed by atoms with van der Waals surface area (Å²) in [6, 6.07) is 7.24. The molecule has 138 valence electrons. The molecule has 1 atom stereocenters. The van der Waals surface area contributed by atoms with Crippen molar-refractivity contribution in [1.29, 1.82) is 0 Å². The number of hydrogen-bond acceptors (Lipinski definition) is 3. The lowest BCUT2D eigenvalue weighted by Crippen LogP contribution is -2.91. The molecule has 0 unspecified atom stereocenters. The highest BCUT2D eigenvalue weighted by molar-refractivity contribution is 5.81. The summed E-state index contributed by atoms with van der Waals surface area (Å²) in [6.07, 6.45) is 8.63. The van der Waals surface area contributed by atoms with Crippen LogP contribution in [0.2, 0.25) is 0 Å². The first-order chi connectivity index (χ1) is 12.5. The van der Waals surface area contributed by atoms with Gasteiger partial charge < -0.3 is 14.8 Å². The molecule has 0 amide bonds. The maximum atomic E-state index is 11.9.